The van der Waals surface area contributed by atoms with Crippen LogP contribution in [0.2, 0.25) is 0 Å². The molecule has 2 aromatic carbocycles. The van der Waals surface area contributed by atoms with Crippen molar-refractivity contribution in [3.63, 3.8) is 0 Å². The minimum absolute atomic E-state index is 0.168. The molecule has 3 aromatic rings. The lowest BCUT2D eigenvalue weighted by Gasteiger charge is -2.10. The third-order valence-corrected chi connectivity index (χ3v) is 4.64. The number of aromatic nitrogens is 2. The second-order valence-electron chi connectivity index (χ2n) is 6.42. The molecule has 4 heteroatoms. The number of benzene rings is 2. The molecule has 1 aliphatic rings. The first kappa shape index (κ1) is 14.9. The molecule has 1 N–H and O–H groups in total. The quantitative estimate of drug-likeness (QED) is 0.784. The monoisotopic (exact) mass is 321 g/mol. The van der Waals surface area contributed by atoms with E-state index in [2.05, 4.69) is 37.4 Å². The van der Waals surface area contributed by atoms with Crippen LogP contribution in [0.3, 0.4) is 0 Å². The number of anilines is 1. The Morgan fingerprint density at radius 2 is 2.00 bits per heavy atom. The fourth-order valence-electron chi connectivity index (χ4n) is 3.33. The van der Waals surface area contributed by atoms with Gasteiger partial charge >= 0.3 is 0 Å². The van der Waals surface area contributed by atoms with Crippen molar-refractivity contribution in [2.75, 3.05) is 11.9 Å². The Balaban J connectivity index is 1.81. The minimum Gasteiger partial charge on any atom is -0.369 e. The van der Waals surface area contributed by atoms with Gasteiger partial charge in [0.15, 0.2) is 0 Å². The fourth-order valence-corrected chi connectivity index (χ4v) is 3.33. The highest BCUT2D eigenvalue weighted by molar-refractivity contribution is 5.59. The first-order chi connectivity index (χ1) is 11.6. The topological polar surface area (TPSA) is 29.9 Å². The van der Waals surface area contributed by atoms with Crippen LogP contribution in [0.4, 0.5) is 10.2 Å². The maximum Gasteiger partial charge on any atom is 0.133 e. The summed E-state index contributed by atoms with van der Waals surface area (Å²) in [4.78, 5) is 0. The number of fused-ring (bicyclic) bond motifs is 1. The molecule has 0 unspecified atom stereocenters. The Bertz CT molecular complexity index is 911. The smallest absolute Gasteiger partial charge is 0.133 e. The van der Waals surface area contributed by atoms with Crippen molar-refractivity contribution >= 4 is 5.82 Å². The first-order valence-corrected chi connectivity index (χ1v) is 8.29. The molecule has 0 atom stereocenters. The predicted molar refractivity (Wildman–Crippen MR) is 94.4 cm³/mol. The van der Waals surface area contributed by atoms with E-state index >= 15 is 0 Å². The molecule has 122 valence electrons. The molecule has 1 aromatic heterocycles. The number of hydrogen-bond acceptors (Lipinski definition) is 2. The molecular formula is C20H20FN3. The highest BCUT2D eigenvalue weighted by atomic mass is 19.1. The van der Waals surface area contributed by atoms with Crippen molar-refractivity contribution in [2.24, 2.45) is 0 Å². The van der Waals surface area contributed by atoms with E-state index in [4.69, 9.17) is 5.10 Å². The third kappa shape index (κ3) is 2.48. The van der Waals surface area contributed by atoms with Gasteiger partial charge in [-0.25, -0.2) is 9.07 Å². The van der Waals surface area contributed by atoms with Crippen molar-refractivity contribution in [1.29, 1.82) is 0 Å². The Labute approximate surface area is 141 Å². The number of rotatable bonds is 3. The fraction of sp³-hybridized carbons (Fsp3) is 0.250. The summed E-state index contributed by atoms with van der Waals surface area (Å²) in [6, 6.07) is 13.3. The highest BCUT2D eigenvalue weighted by Gasteiger charge is 2.24. The third-order valence-electron chi connectivity index (χ3n) is 4.64. The van der Waals surface area contributed by atoms with E-state index < -0.39 is 0 Å². The Morgan fingerprint density at radius 1 is 1.17 bits per heavy atom. The van der Waals surface area contributed by atoms with Gasteiger partial charge in [-0.2, -0.15) is 5.10 Å². The Hall–Kier alpha value is -2.62. The predicted octanol–water partition coefficient (Wildman–Crippen LogP) is 4.19. The van der Waals surface area contributed by atoms with Crippen molar-refractivity contribution in [2.45, 2.75) is 26.7 Å². The summed E-state index contributed by atoms with van der Waals surface area (Å²) in [5.74, 6) is 0.883. The van der Waals surface area contributed by atoms with Crippen LogP contribution < -0.4 is 5.32 Å². The lowest BCUT2D eigenvalue weighted by molar-refractivity contribution is 0.612. The van der Waals surface area contributed by atoms with E-state index in [-0.39, 0.29) is 5.82 Å². The van der Waals surface area contributed by atoms with Crippen molar-refractivity contribution in [1.82, 2.24) is 9.78 Å². The number of hydrogen-bond donors (Lipinski definition) is 1. The van der Waals surface area contributed by atoms with Gasteiger partial charge in [0.2, 0.25) is 0 Å². The normalized spacial score (nSPS) is 13.0. The second-order valence-corrected chi connectivity index (χ2v) is 6.42. The van der Waals surface area contributed by atoms with Crippen LogP contribution in [0.5, 0.6) is 0 Å². The van der Waals surface area contributed by atoms with Gasteiger partial charge in [-0.05, 0) is 49.1 Å². The van der Waals surface area contributed by atoms with Gasteiger partial charge in [0.1, 0.15) is 11.6 Å². The summed E-state index contributed by atoms with van der Waals surface area (Å²) in [7, 11) is 0. The highest BCUT2D eigenvalue weighted by Crippen LogP contribution is 2.31. The summed E-state index contributed by atoms with van der Waals surface area (Å²) in [5, 5.41) is 8.27. The molecule has 3 nitrogen and oxygen atoms in total. The van der Waals surface area contributed by atoms with Crippen LogP contribution in [0.15, 0.2) is 42.5 Å². The summed E-state index contributed by atoms with van der Waals surface area (Å²) in [6.07, 6.45) is 1.46. The summed E-state index contributed by atoms with van der Waals surface area (Å²) in [6.45, 7) is 5.08. The molecule has 0 radical (unpaired) electrons. The SMILES string of the molecule is Cc1ccc(C)c(-n2nc(Cc3ccccc3F)c3c2NCC3)c1. The molecule has 0 spiro atoms. The van der Waals surface area contributed by atoms with Crippen LogP contribution in [-0.2, 0) is 12.8 Å². The molecular weight excluding hydrogens is 301 g/mol. The lowest BCUT2D eigenvalue weighted by Crippen LogP contribution is -2.07. The van der Waals surface area contributed by atoms with Gasteiger partial charge in [0.25, 0.3) is 0 Å². The van der Waals surface area contributed by atoms with E-state index in [1.165, 1.54) is 22.8 Å². The average molecular weight is 321 g/mol. The molecule has 0 saturated heterocycles. The molecule has 4 rings (SSSR count). The summed E-state index contributed by atoms with van der Waals surface area (Å²) >= 11 is 0. The van der Waals surface area contributed by atoms with E-state index in [1.54, 1.807) is 6.07 Å². The van der Waals surface area contributed by atoms with Crippen LogP contribution in [0.1, 0.15) is 27.9 Å². The van der Waals surface area contributed by atoms with Gasteiger partial charge in [-0.3, -0.25) is 0 Å². The maximum absolute atomic E-state index is 14.0. The number of halogens is 1. The molecule has 2 heterocycles. The summed E-state index contributed by atoms with van der Waals surface area (Å²) < 4.78 is 16.0. The minimum atomic E-state index is -0.168. The number of aryl methyl sites for hydroxylation is 2. The zero-order chi connectivity index (χ0) is 16.7. The first-order valence-electron chi connectivity index (χ1n) is 8.29. The van der Waals surface area contributed by atoms with Gasteiger partial charge in [0.05, 0.1) is 11.4 Å². The zero-order valence-corrected chi connectivity index (χ0v) is 13.9. The van der Waals surface area contributed by atoms with Gasteiger partial charge in [-0.15, -0.1) is 0 Å². The molecule has 0 fully saturated rings. The largest absolute Gasteiger partial charge is 0.369 e. The summed E-state index contributed by atoms with van der Waals surface area (Å²) in [5.41, 5.74) is 6.32. The molecule has 1 aliphatic heterocycles. The van der Waals surface area contributed by atoms with Crippen LogP contribution >= 0.6 is 0 Å². The lowest BCUT2D eigenvalue weighted by atomic mass is 10.1. The Kier molecular flexibility index (Phi) is 3.60. The standard InChI is InChI=1S/C20H20FN3/c1-13-7-8-14(2)19(11-13)24-20-16(9-10-22-20)18(23-24)12-15-5-3-4-6-17(15)21/h3-8,11,22H,9-10,12H2,1-2H3. The van der Waals surface area contributed by atoms with Gasteiger partial charge in [0, 0.05) is 18.5 Å². The van der Waals surface area contributed by atoms with Crippen molar-refractivity contribution in [3.8, 4) is 5.69 Å². The molecule has 0 aliphatic carbocycles. The van der Waals surface area contributed by atoms with Crippen LogP contribution in [0, 0.1) is 19.7 Å². The maximum atomic E-state index is 14.0. The van der Waals surface area contributed by atoms with Gasteiger partial charge in [-0.1, -0.05) is 30.3 Å². The second kappa shape index (κ2) is 5.78. The van der Waals surface area contributed by atoms with E-state index in [0.29, 0.717) is 12.0 Å². The molecule has 0 bridgehead atoms. The molecule has 0 saturated carbocycles. The van der Waals surface area contributed by atoms with Crippen molar-refractivity contribution < 1.29 is 4.39 Å². The molecule has 24 heavy (non-hydrogen) atoms. The number of nitrogens with one attached hydrogen (secondary N) is 1. The van der Waals surface area contributed by atoms with Crippen LogP contribution in [-0.4, -0.2) is 16.3 Å². The van der Waals surface area contributed by atoms with Gasteiger partial charge < -0.3 is 5.32 Å². The average Bonchev–Trinajstić information content (AvgIpc) is 3.16. The zero-order valence-electron chi connectivity index (χ0n) is 13.9. The Morgan fingerprint density at radius 3 is 2.83 bits per heavy atom. The van der Waals surface area contributed by atoms with Crippen LogP contribution in [0.25, 0.3) is 5.69 Å². The van der Waals surface area contributed by atoms with Crippen molar-refractivity contribution in [3.05, 3.63) is 76.2 Å². The van der Waals surface area contributed by atoms with E-state index in [0.717, 1.165) is 30.2 Å². The molecule has 0 amide bonds. The van der Waals surface area contributed by atoms with E-state index in [9.17, 15) is 4.39 Å². The number of nitrogens with zero attached hydrogens (tertiary/aromatic N) is 2. The van der Waals surface area contributed by atoms with E-state index in [1.807, 2.05) is 16.8 Å².